The van der Waals surface area contributed by atoms with Crippen molar-refractivity contribution in [2.24, 2.45) is 0 Å². The van der Waals surface area contributed by atoms with Crippen LogP contribution in [-0.2, 0) is 9.53 Å². The quantitative estimate of drug-likeness (QED) is 0.512. The van der Waals surface area contributed by atoms with Crippen LogP contribution in [-0.4, -0.2) is 30.2 Å². The van der Waals surface area contributed by atoms with Crippen LogP contribution in [0.5, 0.6) is 5.75 Å². The van der Waals surface area contributed by atoms with Crippen molar-refractivity contribution >= 4 is 28.0 Å². The summed E-state index contributed by atoms with van der Waals surface area (Å²) in [6, 6.07) is 9.79. The molecule has 0 aliphatic heterocycles. The monoisotopic (exact) mass is 378 g/mol. The second-order valence-corrected chi connectivity index (χ2v) is 6.93. The van der Waals surface area contributed by atoms with Crippen LogP contribution in [0, 0.1) is 13.8 Å². The molecule has 0 bridgehead atoms. The molecule has 28 heavy (non-hydrogen) atoms. The van der Waals surface area contributed by atoms with E-state index in [4.69, 9.17) is 13.9 Å². The van der Waals surface area contributed by atoms with E-state index in [0.29, 0.717) is 17.2 Å². The van der Waals surface area contributed by atoms with E-state index >= 15 is 0 Å². The van der Waals surface area contributed by atoms with Gasteiger partial charge in [0.15, 0.2) is 5.58 Å². The molecule has 2 aromatic carbocycles. The Bertz CT molecular complexity index is 1170. The number of fused-ring (bicyclic) bond motifs is 2. The third-order valence-electron chi connectivity index (χ3n) is 5.07. The first-order valence-electron chi connectivity index (χ1n) is 9.10. The van der Waals surface area contributed by atoms with Gasteiger partial charge in [-0.15, -0.1) is 0 Å². The number of hydrogen-bond donors (Lipinski definition) is 1. The van der Waals surface area contributed by atoms with Gasteiger partial charge in [0, 0.05) is 22.7 Å². The number of aryl methyl sites for hydroxylation is 2. The summed E-state index contributed by atoms with van der Waals surface area (Å²) in [5.74, 6) is 0.386. The van der Waals surface area contributed by atoms with Gasteiger partial charge < -0.3 is 18.9 Å². The molecule has 2 heterocycles. The Morgan fingerprint density at radius 2 is 2.04 bits per heavy atom. The minimum atomic E-state index is -0.436. The largest absolute Gasteiger partial charge is 0.496 e. The lowest BCUT2D eigenvalue weighted by Crippen LogP contribution is -2.12. The van der Waals surface area contributed by atoms with Gasteiger partial charge in [0.25, 0.3) is 0 Å². The van der Waals surface area contributed by atoms with Gasteiger partial charge in [0.1, 0.15) is 11.3 Å². The fourth-order valence-electron chi connectivity index (χ4n) is 3.69. The molecule has 4 aromatic rings. The second-order valence-electron chi connectivity index (χ2n) is 6.93. The van der Waals surface area contributed by atoms with Gasteiger partial charge in [-0.3, -0.25) is 4.79 Å². The number of nitrogens with one attached hydrogen (secondary N) is 1. The molecule has 1 N–H and O–H groups in total. The van der Waals surface area contributed by atoms with Gasteiger partial charge in [-0.05, 0) is 49.2 Å². The fraction of sp³-hybridized carbons (Fsp3) is 0.273. The molecule has 6 nitrogen and oxygen atoms in total. The molecule has 0 aliphatic carbocycles. The van der Waals surface area contributed by atoms with E-state index < -0.39 is 5.92 Å². The summed E-state index contributed by atoms with van der Waals surface area (Å²) in [6.45, 7) is 4.02. The summed E-state index contributed by atoms with van der Waals surface area (Å²) >= 11 is 0. The number of carbonyl (C=O) groups excluding carboxylic acids is 1. The normalized spacial score (nSPS) is 12.4. The number of aromatic amines is 1. The van der Waals surface area contributed by atoms with E-state index in [9.17, 15) is 4.79 Å². The molecule has 0 fully saturated rings. The van der Waals surface area contributed by atoms with Crippen molar-refractivity contribution < 1.29 is 18.7 Å². The maximum Gasteiger partial charge on any atom is 0.306 e. The van der Waals surface area contributed by atoms with Crippen LogP contribution < -0.4 is 4.74 Å². The van der Waals surface area contributed by atoms with E-state index in [1.54, 1.807) is 7.11 Å². The molecule has 2 aromatic heterocycles. The molecule has 144 valence electrons. The first-order chi connectivity index (χ1) is 13.5. The van der Waals surface area contributed by atoms with E-state index in [1.165, 1.54) is 7.11 Å². The van der Waals surface area contributed by atoms with Gasteiger partial charge in [-0.1, -0.05) is 6.07 Å². The average molecular weight is 378 g/mol. The summed E-state index contributed by atoms with van der Waals surface area (Å²) in [7, 11) is 3.01. The number of hydrogen-bond acceptors (Lipinski definition) is 5. The molecule has 4 rings (SSSR count). The summed E-state index contributed by atoms with van der Waals surface area (Å²) in [6.07, 6.45) is 1.98. The Balaban J connectivity index is 1.96. The SMILES string of the molecule is COC(=O)CC(c1nc2cc(C)ccc2o1)c1c(OC)cc(C)c2[nH]ccc12. The number of oxazole rings is 1. The summed E-state index contributed by atoms with van der Waals surface area (Å²) < 4.78 is 16.7. The first kappa shape index (κ1) is 18.1. The highest BCUT2D eigenvalue weighted by Gasteiger charge is 2.29. The maximum atomic E-state index is 12.2. The van der Waals surface area contributed by atoms with Crippen LogP contribution in [0.15, 0.2) is 40.9 Å². The van der Waals surface area contributed by atoms with Gasteiger partial charge in [-0.25, -0.2) is 4.98 Å². The summed E-state index contributed by atoms with van der Waals surface area (Å²) in [4.78, 5) is 20.2. The summed E-state index contributed by atoms with van der Waals surface area (Å²) in [5, 5.41) is 0.976. The summed E-state index contributed by atoms with van der Waals surface area (Å²) in [5.41, 5.74) is 5.46. The molecular weight excluding hydrogens is 356 g/mol. The molecule has 0 amide bonds. The predicted molar refractivity (Wildman–Crippen MR) is 107 cm³/mol. The molecule has 0 spiro atoms. The highest BCUT2D eigenvalue weighted by molar-refractivity contribution is 5.90. The molecule has 0 radical (unpaired) electrons. The molecule has 0 saturated heterocycles. The Morgan fingerprint density at radius 1 is 1.21 bits per heavy atom. The van der Waals surface area contributed by atoms with Crippen LogP contribution in [0.3, 0.4) is 0 Å². The Hall–Kier alpha value is -3.28. The second kappa shape index (κ2) is 7.03. The smallest absolute Gasteiger partial charge is 0.306 e. The zero-order chi connectivity index (χ0) is 19.8. The van der Waals surface area contributed by atoms with E-state index in [2.05, 4.69) is 9.97 Å². The Labute approximate surface area is 162 Å². The van der Waals surface area contributed by atoms with Crippen molar-refractivity contribution in [1.29, 1.82) is 0 Å². The zero-order valence-corrected chi connectivity index (χ0v) is 16.3. The first-order valence-corrected chi connectivity index (χ1v) is 9.10. The van der Waals surface area contributed by atoms with Crippen LogP contribution in [0.25, 0.3) is 22.0 Å². The number of esters is 1. The van der Waals surface area contributed by atoms with Crippen molar-refractivity contribution in [3.05, 3.63) is 59.1 Å². The molecule has 1 unspecified atom stereocenters. The molecule has 6 heteroatoms. The van der Waals surface area contributed by atoms with Gasteiger partial charge >= 0.3 is 5.97 Å². The highest BCUT2D eigenvalue weighted by atomic mass is 16.5. The van der Waals surface area contributed by atoms with Crippen molar-refractivity contribution in [3.63, 3.8) is 0 Å². The lowest BCUT2D eigenvalue weighted by Gasteiger charge is -2.18. The number of H-pyrrole nitrogens is 1. The number of carbonyl (C=O) groups is 1. The number of nitrogens with zero attached hydrogens (tertiary/aromatic N) is 1. The van der Waals surface area contributed by atoms with E-state index in [1.807, 2.05) is 50.4 Å². The Kier molecular flexibility index (Phi) is 4.55. The fourth-order valence-corrected chi connectivity index (χ4v) is 3.69. The van der Waals surface area contributed by atoms with Gasteiger partial charge in [0.05, 0.1) is 26.6 Å². The number of benzene rings is 2. The zero-order valence-electron chi connectivity index (χ0n) is 16.3. The van der Waals surface area contributed by atoms with Crippen LogP contribution in [0.2, 0.25) is 0 Å². The minimum Gasteiger partial charge on any atom is -0.496 e. The lowest BCUT2D eigenvalue weighted by molar-refractivity contribution is -0.140. The number of aromatic nitrogens is 2. The van der Waals surface area contributed by atoms with Crippen molar-refractivity contribution in [1.82, 2.24) is 9.97 Å². The van der Waals surface area contributed by atoms with Crippen LogP contribution in [0.4, 0.5) is 0 Å². The minimum absolute atomic E-state index is 0.0992. The van der Waals surface area contributed by atoms with Crippen molar-refractivity contribution in [2.75, 3.05) is 14.2 Å². The third-order valence-corrected chi connectivity index (χ3v) is 5.07. The van der Waals surface area contributed by atoms with E-state index in [-0.39, 0.29) is 12.4 Å². The molecule has 0 saturated carbocycles. The highest BCUT2D eigenvalue weighted by Crippen LogP contribution is 2.41. The van der Waals surface area contributed by atoms with Crippen molar-refractivity contribution in [3.8, 4) is 5.75 Å². The van der Waals surface area contributed by atoms with Crippen LogP contribution >= 0.6 is 0 Å². The maximum absolute atomic E-state index is 12.2. The third kappa shape index (κ3) is 3.01. The van der Waals surface area contributed by atoms with Crippen LogP contribution in [0.1, 0.15) is 34.9 Å². The Morgan fingerprint density at radius 3 is 2.79 bits per heavy atom. The molecular formula is C22H22N2O4. The van der Waals surface area contributed by atoms with Gasteiger partial charge in [0.2, 0.25) is 5.89 Å². The predicted octanol–water partition coefficient (Wildman–Crippen LogP) is 4.63. The lowest BCUT2D eigenvalue weighted by atomic mass is 9.90. The van der Waals surface area contributed by atoms with E-state index in [0.717, 1.165) is 33.1 Å². The number of rotatable bonds is 5. The van der Waals surface area contributed by atoms with Crippen molar-refractivity contribution in [2.45, 2.75) is 26.2 Å². The molecule has 1 atom stereocenters. The number of ether oxygens (including phenoxy) is 2. The van der Waals surface area contributed by atoms with Gasteiger partial charge in [-0.2, -0.15) is 0 Å². The average Bonchev–Trinajstić information content (AvgIpc) is 3.33. The topological polar surface area (TPSA) is 77.3 Å². The number of methoxy groups -OCH3 is 2. The molecule has 0 aliphatic rings. The standard InChI is InChI=1S/C22H22N2O4/c1-12-5-6-17-16(9-12)24-22(28-17)15(11-19(25)27-4)20-14-7-8-23-21(14)13(2)10-18(20)26-3/h5-10,15,23H,11H2,1-4H3.